The van der Waals surface area contributed by atoms with E-state index in [0.717, 1.165) is 115 Å². The summed E-state index contributed by atoms with van der Waals surface area (Å²) in [6, 6.07) is 15.1. The van der Waals surface area contributed by atoms with E-state index in [2.05, 4.69) is 64.9 Å². The van der Waals surface area contributed by atoms with E-state index in [1.54, 1.807) is 30.5 Å². The first-order chi connectivity index (χ1) is 33.8. The third-order valence-corrected chi connectivity index (χ3v) is 16.5. The molecule has 372 valence electrons. The van der Waals surface area contributed by atoms with Gasteiger partial charge in [0, 0.05) is 112 Å². The lowest BCUT2D eigenvalue weighted by atomic mass is 9.73. The number of piperazine rings is 2. The summed E-state index contributed by atoms with van der Waals surface area (Å²) in [5.41, 5.74) is 5.74. The first-order valence-electron chi connectivity index (χ1n) is 24.2. The summed E-state index contributed by atoms with van der Waals surface area (Å²) in [6.07, 6.45) is 6.27. The molecule has 4 aliphatic heterocycles. The number of morpholine rings is 1. The van der Waals surface area contributed by atoms with Gasteiger partial charge < -0.3 is 34.1 Å². The number of hydrogen-bond donors (Lipinski definition) is 3. The van der Waals surface area contributed by atoms with E-state index in [4.69, 9.17) is 18.9 Å². The van der Waals surface area contributed by atoms with Crippen LogP contribution in [0.2, 0.25) is 0 Å². The Morgan fingerprint density at radius 1 is 0.971 bits per heavy atom. The molecular formula is C50H61N9O9S2. The Morgan fingerprint density at radius 2 is 1.81 bits per heavy atom. The van der Waals surface area contributed by atoms with Crippen molar-refractivity contribution in [1.29, 1.82) is 0 Å². The highest BCUT2D eigenvalue weighted by atomic mass is 32.2. The largest absolute Gasteiger partial charge is 0.455 e. The molecule has 2 atom stereocenters. The fourth-order valence-corrected chi connectivity index (χ4v) is 12.2. The Labute approximate surface area is 412 Å². The lowest BCUT2D eigenvalue weighted by Crippen LogP contribution is -2.57. The molecule has 18 nitrogen and oxygen atoms in total. The first kappa shape index (κ1) is 48.2. The highest BCUT2D eigenvalue weighted by molar-refractivity contribution is 7.90. The normalized spacial score (nSPS) is 21.7. The number of nitrogens with zero attached hydrogens (tertiary/aromatic N) is 6. The minimum atomic E-state index is -4.59. The third-order valence-electron chi connectivity index (χ3n) is 14.1. The van der Waals surface area contributed by atoms with Gasteiger partial charge in [-0.2, -0.15) is 0 Å². The number of nitro benzene ring substituents is 1. The van der Waals surface area contributed by atoms with Crippen LogP contribution in [0.4, 0.5) is 17.1 Å². The number of carbonyl (C=O) groups is 1. The van der Waals surface area contributed by atoms with Gasteiger partial charge in [0.25, 0.3) is 21.6 Å². The van der Waals surface area contributed by atoms with Crippen LogP contribution in [0.5, 0.6) is 11.5 Å². The van der Waals surface area contributed by atoms with Gasteiger partial charge in [-0.05, 0) is 83.7 Å². The third kappa shape index (κ3) is 11.2. The molecule has 0 radical (unpaired) electrons. The summed E-state index contributed by atoms with van der Waals surface area (Å²) in [4.78, 5) is 43.9. The van der Waals surface area contributed by atoms with E-state index in [-0.39, 0.29) is 35.1 Å². The van der Waals surface area contributed by atoms with Crippen molar-refractivity contribution in [2.75, 3.05) is 109 Å². The fourth-order valence-electron chi connectivity index (χ4n) is 10.2. The van der Waals surface area contributed by atoms with Gasteiger partial charge in [-0.25, -0.2) is 18.1 Å². The maximum Gasteiger partial charge on any atom is 0.293 e. The molecule has 4 fully saturated rings. The van der Waals surface area contributed by atoms with Crippen LogP contribution in [0, 0.1) is 15.5 Å². The fraction of sp³-hybridized carbons (Fsp3) is 0.480. The molecule has 10 rings (SSSR count). The van der Waals surface area contributed by atoms with Gasteiger partial charge in [-0.15, -0.1) is 11.3 Å². The van der Waals surface area contributed by atoms with Gasteiger partial charge in [0.1, 0.15) is 22.8 Å². The van der Waals surface area contributed by atoms with Crippen molar-refractivity contribution in [3.05, 3.63) is 104 Å². The number of rotatable bonds is 15. The molecule has 7 heterocycles. The summed E-state index contributed by atoms with van der Waals surface area (Å²) in [5, 5.41) is 18.2. The van der Waals surface area contributed by atoms with Gasteiger partial charge in [0.2, 0.25) is 0 Å². The first-order valence-corrected chi connectivity index (χ1v) is 26.5. The number of amides is 1. The molecule has 2 aromatic carbocycles. The second-order valence-electron chi connectivity index (χ2n) is 19.7. The number of pyridine rings is 1. The monoisotopic (exact) mass is 995 g/mol. The van der Waals surface area contributed by atoms with Crippen LogP contribution in [-0.4, -0.2) is 155 Å². The molecule has 3 aromatic heterocycles. The molecule has 5 aromatic rings. The van der Waals surface area contributed by atoms with E-state index in [1.807, 2.05) is 17.4 Å². The highest BCUT2D eigenvalue weighted by Crippen LogP contribution is 2.45. The van der Waals surface area contributed by atoms with Crippen molar-refractivity contribution in [3.8, 4) is 11.5 Å². The van der Waals surface area contributed by atoms with Crippen LogP contribution in [-0.2, 0) is 30.8 Å². The lowest BCUT2D eigenvalue weighted by Gasteiger charge is -2.43. The van der Waals surface area contributed by atoms with Gasteiger partial charge in [-0.1, -0.05) is 19.4 Å². The van der Waals surface area contributed by atoms with Crippen molar-refractivity contribution >= 4 is 60.9 Å². The number of nitro groups is 1. The average Bonchev–Trinajstić information content (AvgIpc) is 4.04. The van der Waals surface area contributed by atoms with Crippen LogP contribution in [0.25, 0.3) is 16.6 Å². The summed E-state index contributed by atoms with van der Waals surface area (Å²) in [5.74, 6) is -0.481. The predicted octanol–water partition coefficient (Wildman–Crippen LogP) is 6.57. The number of thiophene rings is 1. The lowest BCUT2D eigenvalue weighted by molar-refractivity contribution is -0.384. The number of aromatic nitrogens is 2. The Morgan fingerprint density at radius 3 is 2.64 bits per heavy atom. The number of aromatic amines is 1. The number of fused-ring (bicyclic) bond motifs is 2. The molecular weight excluding hydrogens is 935 g/mol. The van der Waals surface area contributed by atoms with E-state index in [9.17, 15) is 23.3 Å². The van der Waals surface area contributed by atoms with Crippen molar-refractivity contribution in [2.24, 2.45) is 5.41 Å². The number of carbonyl (C=O) groups excluding carboxylic acids is 1. The average molecular weight is 996 g/mol. The minimum Gasteiger partial charge on any atom is -0.455 e. The number of H-pyrrole nitrogens is 1. The summed E-state index contributed by atoms with van der Waals surface area (Å²) >= 11 is 1.89. The molecule has 20 heteroatoms. The number of anilines is 2. The van der Waals surface area contributed by atoms with E-state index < -0.39 is 31.4 Å². The molecule has 1 aliphatic carbocycles. The molecule has 0 spiro atoms. The summed E-state index contributed by atoms with van der Waals surface area (Å²) < 4.78 is 52.8. The van der Waals surface area contributed by atoms with Gasteiger partial charge in [0.05, 0.1) is 60.7 Å². The van der Waals surface area contributed by atoms with Crippen LogP contribution in [0.3, 0.4) is 0 Å². The second-order valence-corrected chi connectivity index (χ2v) is 22.3. The number of ether oxygens (including phenoxy) is 4. The number of hydrogen-bond acceptors (Lipinski definition) is 16. The zero-order valence-corrected chi connectivity index (χ0v) is 41.3. The van der Waals surface area contributed by atoms with Crippen LogP contribution in [0.15, 0.2) is 82.8 Å². The smallest absolute Gasteiger partial charge is 0.293 e. The molecule has 5 aliphatic rings. The zero-order chi connectivity index (χ0) is 48.4. The van der Waals surface area contributed by atoms with Gasteiger partial charge in [-0.3, -0.25) is 29.6 Å². The Hall–Kier alpha value is -5.45. The van der Waals surface area contributed by atoms with Crippen molar-refractivity contribution in [2.45, 2.75) is 56.7 Å². The van der Waals surface area contributed by atoms with Crippen LogP contribution >= 0.6 is 11.3 Å². The molecule has 4 saturated heterocycles. The maximum atomic E-state index is 14.0. The summed E-state index contributed by atoms with van der Waals surface area (Å²) in [6.45, 7) is 17.2. The van der Waals surface area contributed by atoms with Gasteiger partial charge >= 0.3 is 0 Å². The Balaban J connectivity index is 0.832. The number of sulfonamides is 1. The summed E-state index contributed by atoms with van der Waals surface area (Å²) in [7, 11) is -4.59. The SMILES string of the molecule is CC1(C)CCC(CN2CCN(c3ccc(C(=O)NS(=O)(=O)c4ccc(NCC5COCCO5)c([N+](=O)[O-])c4)c(Oc4cnc5[nH]ccc5c4)c3)CC2)=C(c2cc(CN3CCN4CCOCC4C3)cs2)C1. The van der Waals surface area contributed by atoms with E-state index >= 15 is 0 Å². The van der Waals surface area contributed by atoms with Crippen LogP contribution < -0.4 is 19.7 Å². The van der Waals surface area contributed by atoms with E-state index in [0.29, 0.717) is 37.3 Å². The zero-order valence-electron chi connectivity index (χ0n) is 39.7. The Bertz CT molecular complexity index is 2850. The Kier molecular flexibility index (Phi) is 14.3. The van der Waals surface area contributed by atoms with Crippen LogP contribution in [0.1, 0.15) is 53.9 Å². The van der Waals surface area contributed by atoms with Crippen molar-refractivity contribution < 1.29 is 37.1 Å². The molecule has 0 saturated carbocycles. The maximum absolute atomic E-state index is 14.0. The van der Waals surface area contributed by atoms with E-state index in [1.165, 1.54) is 39.9 Å². The molecule has 2 unspecified atom stereocenters. The predicted molar refractivity (Wildman–Crippen MR) is 268 cm³/mol. The highest BCUT2D eigenvalue weighted by Gasteiger charge is 2.33. The van der Waals surface area contributed by atoms with Gasteiger partial charge in [0.15, 0.2) is 0 Å². The molecule has 3 N–H and O–H groups in total. The number of allylic oxidation sites excluding steroid dienone is 1. The number of benzene rings is 2. The molecule has 70 heavy (non-hydrogen) atoms. The molecule has 1 amide bonds. The second kappa shape index (κ2) is 20.7. The standard InChI is InChI=1S/C50H61N9O9S2/c1-50(2)9-7-36(43(25-50)47-21-34(33-69-47)28-56-13-16-58-17-18-65-31-38(58)30-56)29-55-11-14-57(15-12-55)37-3-5-42(46(23-37)68-39-22-35-8-10-51-48(35)53-26-39)49(60)54-70(63,64)41-4-6-44(45(24-41)59(61)62)52-27-40-32-66-19-20-67-40/h3-6,8,10,21-24,26,33,38,40,52H,7,9,11-20,25,27-32H2,1-2H3,(H,51,53)(H,54,60). The van der Waals surface area contributed by atoms with Crippen molar-refractivity contribution in [3.63, 3.8) is 0 Å². The minimum absolute atomic E-state index is 0.0413. The topological polar surface area (TPSA) is 197 Å². The quantitative estimate of drug-likeness (QED) is 0.0752. The molecule has 0 bridgehead atoms. The van der Waals surface area contributed by atoms with Crippen molar-refractivity contribution in [1.82, 2.24) is 29.4 Å². The number of nitrogens with one attached hydrogen (secondary N) is 3.